The molecule has 0 amide bonds. The summed E-state index contributed by atoms with van der Waals surface area (Å²) >= 11 is 0. The molecule has 4 aromatic rings. The van der Waals surface area contributed by atoms with Gasteiger partial charge in [-0.25, -0.2) is 4.98 Å². The minimum absolute atomic E-state index is 0.0965. The van der Waals surface area contributed by atoms with Crippen LogP contribution in [0.4, 0.5) is 0 Å². The predicted molar refractivity (Wildman–Crippen MR) is 117 cm³/mol. The smallest absolute Gasteiger partial charge is 0.140 e. The minimum Gasteiger partial charge on any atom is -0.484 e. The predicted octanol–water partition coefficient (Wildman–Crippen LogP) is 5.88. The molecule has 6 rings (SSSR count). The number of hydrogen-bond donors (Lipinski definition) is 0. The van der Waals surface area contributed by atoms with Crippen LogP contribution in [0.3, 0.4) is 0 Å². The Kier molecular flexibility index (Phi) is 3.51. The molecule has 0 spiro atoms. The number of allylic oxidation sites excluding steroid dienone is 2. The Morgan fingerprint density at radius 3 is 2.62 bits per heavy atom. The molecule has 0 bridgehead atoms. The molecule has 2 atom stereocenters. The van der Waals surface area contributed by atoms with E-state index < -0.39 is 0 Å². The van der Waals surface area contributed by atoms with E-state index >= 15 is 0 Å². The van der Waals surface area contributed by atoms with E-state index in [1.54, 1.807) is 0 Å². The Morgan fingerprint density at radius 1 is 0.862 bits per heavy atom. The third-order valence-electron chi connectivity index (χ3n) is 5.96. The number of nitrogens with zero attached hydrogens (tertiary/aromatic N) is 2. The average molecular weight is 376 g/mol. The Bertz CT molecular complexity index is 1310. The lowest BCUT2D eigenvalue weighted by Crippen LogP contribution is -2.15. The highest BCUT2D eigenvalue weighted by Crippen LogP contribution is 2.46. The van der Waals surface area contributed by atoms with Crippen LogP contribution in [-0.2, 0) is 7.05 Å². The van der Waals surface area contributed by atoms with E-state index in [0.29, 0.717) is 5.92 Å². The lowest BCUT2D eigenvalue weighted by Gasteiger charge is -2.14. The van der Waals surface area contributed by atoms with Crippen molar-refractivity contribution in [3.8, 4) is 28.3 Å². The average Bonchev–Trinajstić information content (AvgIpc) is 3.32. The van der Waals surface area contributed by atoms with Gasteiger partial charge in [0, 0.05) is 29.7 Å². The van der Waals surface area contributed by atoms with Gasteiger partial charge in [0.2, 0.25) is 0 Å². The highest BCUT2D eigenvalue weighted by Gasteiger charge is 2.33. The summed E-state index contributed by atoms with van der Waals surface area (Å²) in [7, 11) is 2.07. The number of hydrogen-bond acceptors (Lipinski definition) is 2. The third kappa shape index (κ3) is 2.47. The summed E-state index contributed by atoms with van der Waals surface area (Å²) in [6.45, 7) is 0. The normalized spacial score (nSPS) is 19.2. The Labute approximate surface area is 169 Å². The first-order valence-electron chi connectivity index (χ1n) is 9.96. The standard InChI is InChI=1S/C26H20N2O/c1-28-23-14-4-3-13-22(23)27-26(28)18-9-6-8-17(16-18)19-11-7-12-21-20-10-2-5-15-24(20)29-25(19)21/h2-16,20,24H,1H3. The molecule has 3 aromatic carbocycles. The van der Waals surface area contributed by atoms with Crippen LogP contribution in [-0.4, -0.2) is 15.7 Å². The molecule has 0 saturated heterocycles. The Balaban J connectivity index is 1.48. The molecule has 0 radical (unpaired) electrons. The van der Waals surface area contributed by atoms with Crippen molar-refractivity contribution in [1.29, 1.82) is 0 Å². The van der Waals surface area contributed by atoms with Crippen LogP contribution in [0.25, 0.3) is 33.5 Å². The molecule has 0 saturated carbocycles. The van der Waals surface area contributed by atoms with Crippen molar-refractivity contribution in [2.75, 3.05) is 0 Å². The second kappa shape index (κ2) is 6.21. The van der Waals surface area contributed by atoms with Crippen molar-refractivity contribution >= 4 is 11.0 Å². The summed E-state index contributed by atoms with van der Waals surface area (Å²) in [5.74, 6) is 2.28. The molecule has 3 heteroatoms. The van der Waals surface area contributed by atoms with E-state index in [1.165, 1.54) is 5.56 Å². The molecule has 2 aliphatic rings. The van der Waals surface area contributed by atoms with E-state index in [0.717, 1.165) is 39.3 Å². The maximum atomic E-state index is 6.35. The molecular weight excluding hydrogens is 356 g/mol. The number of imidazole rings is 1. The van der Waals surface area contributed by atoms with Crippen LogP contribution in [0, 0.1) is 0 Å². The van der Waals surface area contributed by atoms with Crippen molar-refractivity contribution in [1.82, 2.24) is 9.55 Å². The number of benzene rings is 3. The van der Waals surface area contributed by atoms with Crippen molar-refractivity contribution < 1.29 is 4.74 Å². The summed E-state index contributed by atoms with van der Waals surface area (Å²) < 4.78 is 8.51. The zero-order chi connectivity index (χ0) is 19.4. The maximum absolute atomic E-state index is 6.35. The zero-order valence-electron chi connectivity index (χ0n) is 16.1. The van der Waals surface area contributed by atoms with Gasteiger partial charge in [-0.2, -0.15) is 0 Å². The number of ether oxygens (including phenoxy) is 1. The number of fused-ring (bicyclic) bond motifs is 4. The molecule has 1 aromatic heterocycles. The Hall–Kier alpha value is -3.59. The van der Waals surface area contributed by atoms with Crippen LogP contribution < -0.4 is 4.74 Å². The minimum atomic E-state index is 0.0965. The summed E-state index contributed by atoms with van der Waals surface area (Å²) in [6, 6.07) is 23.3. The molecule has 1 aliphatic carbocycles. The largest absolute Gasteiger partial charge is 0.484 e. The number of rotatable bonds is 2. The lowest BCUT2D eigenvalue weighted by atomic mass is 9.90. The summed E-state index contributed by atoms with van der Waals surface area (Å²) in [5.41, 5.74) is 6.81. The van der Waals surface area contributed by atoms with Crippen molar-refractivity contribution in [3.63, 3.8) is 0 Å². The van der Waals surface area contributed by atoms with Gasteiger partial charge in [0.15, 0.2) is 0 Å². The third-order valence-corrected chi connectivity index (χ3v) is 5.96. The van der Waals surface area contributed by atoms with E-state index in [-0.39, 0.29) is 6.10 Å². The van der Waals surface area contributed by atoms with Crippen molar-refractivity contribution in [2.45, 2.75) is 12.0 Å². The molecule has 2 heterocycles. The van der Waals surface area contributed by atoms with Crippen LogP contribution >= 0.6 is 0 Å². The summed E-state index contributed by atoms with van der Waals surface area (Å²) in [5, 5.41) is 0. The van der Waals surface area contributed by atoms with Gasteiger partial charge in [-0.15, -0.1) is 0 Å². The maximum Gasteiger partial charge on any atom is 0.140 e. The molecule has 140 valence electrons. The highest BCUT2D eigenvalue weighted by molar-refractivity contribution is 5.82. The fourth-order valence-electron chi connectivity index (χ4n) is 4.52. The monoisotopic (exact) mass is 376 g/mol. The van der Waals surface area contributed by atoms with E-state index in [9.17, 15) is 0 Å². The topological polar surface area (TPSA) is 27.1 Å². The summed E-state index contributed by atoms with van der Waals surface area (Å²) in [6.07, 6.45) is 8.65. The quantitative estimate of drug-likeness (QED) is 0.437. The van der Waals surface area contributed by atoms with E-state index in [1.807, 2.05) is 6.07 Å². The SMILES string of the molecule is Cn1c(-c2cccc(-c3cccc4c3OC3C=CC=CC43)c2)nc2ccccc21. The Morgan fingerprint density at radius 2 is 1.69 bits per heavy atom. The fraction of sp³-hybridized carbons (Fsp3) is 0.115. The summed E-state index contributed by atoms with van der Waals surface area (Å²) in [4.78, 5) is 4.86. The molecule has 1 aliphatic heterocycles. The van der Waals surface area contributed by atoms with Gasteiger partial charge in [-0.05, 0) is 29.8 Å². The number of aryl methyl sites for hydroxylation is 1. The molecule has 2 unspecified atom stereocenters. The number of aromatic nitrogens is 2. The van der Waals surface area contributed by atoms with E-state index in [4.69, 9.17) is 9.72 Å². The molecule has 29 heavy (non-hydrogen) atoms. The molecule has 0 fully saturated rings. The van der Waals surface area contributed by atoms with Gasteiger partial charge in [-0.1, -0.05) is 66.8 Å². The molecule has 0 N–H and O–H groups in total. The highest BCUT2D eigenvalue weighted by atomic mass is 16.5. The molecule has 3 nitrogen and oxygen atoms in total. The van der Waals surface area contributed by atoms with Gasteiger partial charge < -0.3 is 9.30 Å². The lowest BCUT2D eigenvalue weighted by molar-refractivity contribution is 0.270. The van der Waals surface area contributed by atoms with Crippen LogP contribution in [0.15, 0.2) is 91.0 Å². The second-order valence-electron chi connectivity index (χ2n) is 7.67. The first kappa shape index (κ1) is 16.4. The first-order chi connectivity index (χ1) is 14.3. The van der Waals surface area contributed by atoms with Crippen molar-refractivity contribution in [2.24, 2.45) is 7.05 Å². The van der Waals surface area contributed by atoms with Crippen LogP contribution in [0.5, 0.6) is 5.75 Å². The van der Waals surface area contributed by atoms with Gasteiger partial charge in [0.05, 0.1) is 11.0 Å². The van der Waals surface area contributed by atoms with Gasteiger partial charge in [-0.3, -0.25) is 0 Å². The molecular formula is C26H20N2O. The fourth-order valence-corrected chi connectivity index (χ4v) is 4.52. The van der Waals surface area contributed by atoms with Crippen LogP contribution in [0.1, 0.15) is 11.5 Å². The van der Waals surface area contributed by atoms with Gasteiger partial charge in [0.25, 0.3) is 0 Å². The number of para-hydroxylation sites is 3. The second-order valence-corrected chi connectivity index (χ2v) is 7.67. The van der Waals surface area contributed by atoms with E-state index in [2.05, 4.69) is 96.6 Å². The van der Waals surface area contributed by atoms with Crippen molar-refractivity contribution in [3.05, 3.63) is 96.6 Å². The van der Waals surface area contributed by atoms with Gasteiger partial charge >= 0.3 is 0 Å². The zero-order valence-corrected chi connectivity index (χ0v) is 16.1. The first-order valence-corrected chi connectivity index (χ1v) is 9.96. The van der Waals surface area contributed by atoms with Gasteiger partial charge in [0.1, 0.15) is 17.7 Å². The van der Waals surface area contributed by atoms with Crippen LogP contribution in [0.2, 0.25) is 0 Å².